The van der Waals surface area contributed by atoms with Crippen molar-refractivity contribution in [2.75, 3.05) is 13.8 Å². The molecule has 1 aliphatic rings. The number of methoxy groups -OCH3 is 1. The summed E-state index contributed by atoms with van der Waals surface area (Å²) < 4.78 is 23.6. The van der Waals surface area contributed by atoms with Crippen molar-refractivity contribution in [3.63, 3.8) is 0 Å². The Morgan fingerprint density at radius 2 is 1.81 bits per heavy atom. The van der Waals surface area contributed by atoms with E-state index in [1.807, 2.05) is 18.2 Å². The van der Waals surface area contributed by atoms with Gasteiger partial charge in [0.1, 0.15) is 0 Å². The first-order valence-corrected chi connectivity index (χ1v) is 9.57. The van der Waals surface area contributed by atoms with Crippen molar-refractivity contribution >= 4 is 13.3 Å². The van der Waals surface area contributed by atoms with Crippen LogP contribution in [0.4, 0.5) is 0 Å². The summed E-state index contributed by atoms with van der Waals surface area (Å²) in [4.78, 5) is 12.0. The highest BCUT2D eigenvalue weighted by molar-refractivity contribution is 7.59. The van der Waals surface area contributed by atoms with Crippen LogP contribution in [0.1, 0.15) is 43.8 Å². The molecule has 2 rings (SSSR count). The summed E-state index contributed by atoms with van der Waals surface area (Å²) in [6, 6.07) is 9.11. The molecule has 0 bridgehead atoms. The number of benzene rings is 1. The van der Waals surface area contributed by atoms with Crippen molar-refractivity contribution in [3.05, 3.63) is 35.9 Å². The van der Waals surface area contributed by atoms with Crippen LogP contribution in [0.25, 0.3) is 0 Å². The SMILES string of the molecule is COC(=O)C(OP(C)(=O)C1CCCCC1)c1ccccc1. The summed E-state index contributed by atoms with van der Waals surface area (Å²) in [5.41, 5.74) is 0.740. The van der Waals surface area contributed by atoms with E-state index in [0.29, 0.717) is 5.56 Å². The molecule has 0 saturated heterocycles. The van der Waals surface area contributed by atoms with Crippen molar-refractivity contribution in [1.29, 1.82) is 0 Å². The molecule has 0 amide bonds. The van der Waals surface area contributed by atoms with Crippen molar-refractivity contribution in [1.82, 2.24) is 0 Å². The maximum Gasteiger partial charge on any atom is 0.340 e. The van der Waals surface area contributed by atoms with Crippen LogP contribution in [0, 0.1) is 0 Å². The Hall–Kier alpha value is -1.12. The Morgan fingerprint density at radius 3 is 2.38 bits per heavy atom. The smallest absolute Gasteiger partial charge is 0.340 e. The lowest BCUT2D eigenvalue weighted by molar-refractivity contribution is -0.149. The van der Waals surface area contributed by atoms with Gasteiger partial charge in [0.2, 0.25) is 7.37 Å². The Bertz CT molecular complexity index is 508. The zero-order valence-corrected chi connectivity index (χ0v) is 13.6. The van der Waals surface area contributed by atoms with Crippen molar-refractivity contribution in [3.8, 4) is 0 Å². The van der Waals surface area contributed by atoms with Gasteiger partial charge in [-0.2, -0.15) is 0 Å². The average Bonchev–Trinajstić information content (AvgIpc) is 2.53. The van der Waals surface area contributed by atoms with E-state index in [-0.39, 0.29) is 5.66 Å². The van der Waals surface area contributed by atoms with Gasteiger partial charge < -0.3 is 9.26 Å². The van der Waals surface area contributed by atoms with E-state index >= 15 is 0 Å². The number of rotatable bonds is 5. The molecule has 1 aliphatic carbocycles. The third kappa shape index (κ3) is 4.18. The fourth-order valence-electron chi connectivity index (χ4n) is 2.82. The topological polar surface area (TPSA) is 52.6 Å². The standard InChI is InChI=1S/C16H23O4P/c1-19-16(17)15(13-9-5-3-6-10-13)20-21(2,18)14-11-7-4-8-12-14/h3,5-6,9-10,14-15H,4,7-8,11-12H2,1-2H3. The first kappa shape index (κ1) is 16.3. The Labute approximate surface area is 126 Å². The van der Waals surface area contributed by atoms with E-state index in [9.17, 15) is 9.36 Å². The molecule has 0 heterocycles. The van der Waals surface area contributed by atoms with Crippen LogP contribution in [0.15, 0.2) is 30.3 Å². The molecule has 0 aromatic heterocycles. The second kappa shape index (κ2) is 7.24. The Balaban J connectivity index is 2.18. The van der Waals surface area contributed by atoms with Gasteiger partial charge in [0.25, 0.3) is 0 Å². The summed E-state index contributed by atoms with van der Waals surface area (Å²) >= 11 is 0. The molecule has 0 spiro atoms. The van der Waals surface area contributed by atoms with E-state index < -0.39 is 19.4 Å². The third-order valence-electron chi connectivity index (χ3n) is 4.07. The molecule has 2 atom stereocenters. The van der Waals surface area contributed by atoms with Crippen LogP contribution in [0.2, 0.25) is 0 Å². The lowest BCUT2D eigenvalue weighted by Gasteiger charge is -2.30. The highest BCUT2D eigenvalue weighted by Crippen LogP contribution is 2.56. The molecule has 1 saturated carbocycles. The van der Waals surface area contributed by atoms with E-state index in [2.05, 4.69) is 0 Å². The highest BCUT2D eigenvalue weighted by atomic mass is 31.2. The zero-order valence-electron chi connectivity index (χ0n) is 12.7. The fraction of sp³-hybridized carbons (Fsp3) is 0.562. The van der Waals surface area contributed by atoms with Gasteiger partial charge in [-0.15, -0.1) is 0 Å². The highest BCUT2D eigenvalue weighted by Gasteiger charge is 2.36. The van der Waals surface area contributed by atoms with Gasteiger partial charge in [-0.25, -0.2) is 4.79 Å². The number of carbonyl (C=O) groups is 1. The van der Waals surface area contributed by atoms with Gasteiger partial charge in [-0.05, 0) is 18.4 Å². The molecule has 5 heteroatoms. The van der Waals surface area contributed by atoms with E-state index in [1.54, 1.807) is 18.8 Å². The van der Waals surface area contributed by atoms with Gasteiger partial charge in [0, 0.05) is 12.3 Å². The average molecular weight is 310 g/mol. The van der Waals surface area contributed by atoms with Crippen molar-refractivity contribution < 1.29 is 18.6 Å². The molecule has 1 aromatic carbocycles. The molecular weight excluding hydrogens is 287 g/mol. The molecule has 4 nitrogen and oxygen atoms in total. The third-order valence-corrected chi connectivity index (χ3v) is 6.54. The predicted octanol–water partition coefficient (Wildman–Crippen LogP) is 4.16. The first-order valence-electron chi connectivity index (χ1n) is 7.43. The molecule has 0 N–H and O–H groups in total. The minimum absolute atomic E-state index is 0.0575. The monoisotopic (exact) mass is 310 g/mol. The minimum Gasteiger partial charge on any atom is -0.467 e. The van der Waals surface area contributed by atoms with Gasteiger partial charge in [-0.3, -0.25) is 4.57 Å². The van der Waals surface area contributed by atoms with Crippen LogP contribution in [-0.2, 0) is 18.6 Å². The van der Waals surface area contributed by atoms with Gasteiger partial charge in [0.05, 0.1) is 7.11 Å². The summed E-state index contributed by atoms with van der Waals surface area (Å²) in [5, 5.41) is 0. The minimum atomic E-state index is -2.86. The van der Waals surface area contributed by atoms with E-state index in [0.717, 1.165) is 25.7 Å². The van der Waals surface area contributed by atoms with E-state index in [4.69, 9.17) is 9.26 Å². The van der Waals surface area contributed by atoms with Crippen molar-refractivity contribution in [2.24, 2.45) is 0 Å². The molecule has 21 heavy (non-hydrogen) atoms. The van der Waals surface area contributed by atoms with Gasteiger partial charge >= 0.3 is 5.97 Å². The van der Waals surface area contributed by atoms with E-state index in [1.165, 1.54) is 13.5 Å². The summed E-state index contributed by atoms with van der Waals surface area (Å²) in [5.74, 6) is -0.501. The predicted molar refractivity (Wildman–Crippen MR) is 82.7 cm³/mol. The first-order chi connectivity index (χ1) is 10.0. The second-order valence-electron chi connectivity index (χ2n) is 5.62. The summed E-state index contributed by atoms with van der Waals surface area (Å²) in [6.07, 6.45) is 4.27. The quantitative estimate of drug-likeness (QED) is 0.605. The van der Waals surface area contributed by atoms with Crippen LogP contribution >= 0.6 is 7.37 Å². The van der Waals surface area contributed by atoms with Gasteiger partial charge in [0.15, 0.2) is 6.10 Å². The molecular formula is C16H23O4P. The molecule has 0 radical (unpaired) electrons. The maximum absolute atomic E-state index is 12.9. The van der Waals surface area contributed by atoms with Crippen LogP contribution in [0.5, 0.6) is 0 Å². The molecule has 0 aliphatic heterocycles. The van der Waals surface area contributed by atoms with Crippen LogP contribution < -0.4 is 0 Å². The maximum atomic E-state index is 12.9. The summed E-state index contributed by atoms with van der Waals surface area (Å²) in [7, 11) is -1.54. The fourth-order valence-corrected chi connectivity index (χ4v) is 4.92. The van der Waals surface area contributed by atoms with Crippen LogP contribution in [0.3, 0.4) is 0 Å². The number of esters is 1. The lowest BCUT2D eigenvalue weighted by atomic mass is 10.0. The largest absolute Gasteiger partial charge is 0.467 e. The van der Waals surface area contributed by atoms with Crippen LogP contribution in [-0.4, -0.2) is 25.4 Å². The zero-order chi connectivity index (χ0) is 15.3. The summed E-state index contributed by atoms with van der Waals surface area (Å²) in [6.45, 7) is 1.65. The normalized spacial score (nSPS) is 20.5. The Kier molecular flexibility index (Phi) is 5.60. The number of ether oxygens (including phenoxy) is 1. The number of carbonyl (C=O) groups excluding carboxylic acids is 1. The Morgan fingerprint density at radius 1 is 1.19 bits per heavy atom. The second-order valence-corrected chi connectivity index (χ2v) is 8.38. The van der Waals surface area contributed by atoms with Crippen molar-refractivity contribution in [2.45, 2.75) is 43.9 Å². The van der Waals surface area contributed by atoms with Gasteiger partial charge in [-0.1, -0.05) is 49.6 Å². The number of hydrogen-bond donors (Lipinski definition) is 0. The molecule has 1 fully saturated rings. The number of hydrogen-bond acceptors (Lipinski definition) is 4. The molecule has 116 valence electrons. The molecule has 2 unspecified atom stereocenters. The molecule has 1 aromatic rings. The lowest BCUT2D eigenvalue weighted by Crippen LogP contribution is -2.21.